The zero-order valence-corrected chi connectivity index (χ0v) is 7.64. The Hall–Kier alpha value is -0.530. The minimum Gasteiger partial charge on any atom is -0.470 e. The molecule has 1 fully saturated rings. The minimum absolute atomic E-state index is 0.282. The molecule has 1 nitrogen and oxygen atoms in total. The van der Waals surface area contributed by atoms with Crippen LogP contribution in [0.15, 0.2) is 24.3 Å². The molecule has 1 aliphatic carbocycles. The highest BCUT2D eigenvalue weighted by Crippen LogP contribution is 2.41. The van der Waals surface area contributed by atoms with E-state index in [1.165, 1.54) is 18.4 Å². The van der Waals surface area contributed by atoms with Gasteiger partial charge in [-0.1, -0.05) is 23.7 Å². The molecule has 1 aliphatic rings. The highest BCUT2D eigenvalue weighted by Gasteiger charge is 2.45. The van der Waals surface area contributed by atoms with Gasteiger partial charge in [0.05, 0.1) is 5.54 Å². The van der Waals surface area contributed by atoms with E-state index < -0.39 is 0 Å². The fourth-order valence-corrected chi connectivity index (χ4v) is 1.65. The summed E-state index contributed by atoms with van der Waals surface area (Å²) in [6.07, 6.45) is 2.47. The second-order valence-corrected chi connectivity index (χ2v) is 3.80. The number of quaternary nitrogens is 1. The van der Waals surface area contributed by atoms with E-state index in [2.05, 4.69) is 24.5 Å². The molecular weight excluding hydrogens is 170 g/mol. The molecule has 12 heavy (non-hydrogen) atoms. The summed E-state index contributed by atoms with van der Waals surface area (Å²) in [5.41, 5.74) is 1.63. The molecule has 0 radical (unpaired) electrons. The van der Waals surface area contributed by atoms with Gasteiger partial charge in [0.25, 0.3) is 0 Å². The molecule has 0 amide bonds. The molecular formula is C10H12ClN. The highest BCUT2D eigenvalue weighted by molar-refractivity contribution is 6.30. The molecule has 64 valence electrons. The van der Waals surface area contributed by atoms with Gasteiger partial charge < -0.3 is 5.32 Å². The lowest BCUT2D eigenvalue weighted by Gasteiger charge is -2.14. The van der Waals surface area contributed by atoms with Gasteiger partial charge in [0.2, 0.25) is 0 Å². The van der Waals surface area contributed by atoms with Crippen LogP contribution >= 0.6 is 11.6 Å². The average molecular weight is 182 g/mol. The fourth-order valence-electron chi connectivity index (χ4n) is 1.53. The Morgan fingerprint density at radius 2 is 1.83 bits per heavy atom. The van der Waals surface area contributed by atoms with Gasteiger partial charge in [-0.25, -0.2) is 0 Å². The number of rotatable bonds is 2. The summed E-state index contributed by atoms with van der Waals surface area (Å²) in [7, 11) is 3.86. The second kappa shape index (κ2) is 2.75. The molecule has 1 aromatic rings. The van der Waals surface area contributed by atoms with Gasteiger partial charge in [-0.05, 0) is 12.1 Å². The molecule has 0 saturated heterocycles. The Balaban J connectivity index is 2.29. The molecule has 0 spiro atoms. The molecule has 0 unspecified atom stereocenters. The molecule has 1 aromatic carbocycles. The van der Waals surface area contributed by atoms with Gasteiger partial charge in [-0.3, -0.25) is 0 Å². The van der Waals surface area contributed by atoms with Crippen LogP contribution < -0.4 is 5.32 Å². The minimum atomic E-state index is 0.282. The predicted octanol–water partition coefficient (Wildman–Crippen LogP) is 1.68. The first-order valence-corrected chi connectivity index (χ1v) is 4.54. The van der Waals surface area contributed by atoms with Gasteiger partial charge in [0, 0.05) is 23.4 Å². The Morgan fingerprint density at radius 3 is 2.25 bits per heavy atom. The monoisotopic (exact) mass is 181 g/mol. The quantitative estimate of drug-likeness (QED) is 0.669. The van der Waals surface area contributed by atoms with Crippen LogP contribution in [0.4, 0.5) is 0 Å². The summed E-state index contributed by atoms with van der Waals surface area (Å²) in [6, 6.07) is 8.08. The number of nitrogens with two attached hydrogens (primary N) is 1. The van der Waals surface area contributed by atoms with Gasteiger partial charge in [0.1, 0.15) is 0 Å². The van der Waals surface area contributed by atoms with Crippen LogP contribution in [0.3, 0.4) is 0 Å². The van der Waals surface area contributed by atoms with Crippen LogP contribution in [0, 0.1) is 7.05 Å². The van der Waals surface area contributed by atoms with Crippen LogP contribution in [-0.2, 0) is 5.54 Å². The van der Waals surface area contributed by atoms with Crippen molar-refractivity contribution in [2.45, 2.75) is 18.4 Å². The molecule has 0 aliphatic heterocycles. The van der Waals surface area contributed by atoms with Crippen molar-refractivity contribution >= 4 is 11.6 Å². The largest absolute Gasteiger partial charge is 0.470 e. The van der Waals surface area contributed by atoms with E-state index in [-0.39, 0.29) is 5.54 Å². The van der Waals surface area contributed by atoms with Crippen LogP contribution in [0.25, 0.3) is 0 Å². The van der Waals surface area contributed by atoms with E-state index in [0.717, 1.165) is 5.02 Å². The van der Waals surface area contributed by atoms with Crippen molar-refractivity contribution in [1.29, 1.82) is 0 Å². The molecule has 2 rings (SSSR count). The van der Waals surface area contributed by atoms with Gasteiger partial charge >= 0.3 is 0 Å². The van der Waals surface area contributed by atoms with Crippen molar-refractivity contribution in [3.63, 3.8) is 0 Å². The van der Waals surface area contributed by atoms with E-state index in [0.29, 0.717) is 0 Å². The van der Waals surface area contributed by atoms with Crippen molar-refractivity contribution in [3.05, 3.63) is 41.9 Å². The van der Waals surface area contributed by atoms with Crippen LogP contribution in [-0.4, -0.2) is 0 Å². The lowest BCUT2D eigenvalue weighted by atomic mass is 10.1. The van der Waals surface area contributed by atoms with Crippen LogP contribution in [0.1, 0.15) is 18.4 Å². The van der Waals surface area contributed by atoms with Crippen LogP contribution in [0.5, 0.6) is 0 Å². The molecule has 2 heteroatoms. The third-order valence-corrected chi connectivity index (χ3v) is 2.85. The number of halogens is 1. The summed E-state index contributed by atoms with van der Waals surface area (Å²) in [5.74, 6) is 0. The summed E-state index contributed by atoms with van der Waals surface area (Å²) in [5, 5.41) is 2.86. The molecule has 0 atom stereocenters. The Labute approximate surface area is 77.7 Å². The predicted molar refractivity (Wildman–Crippen MR) is 49.6 cm³/mol. The van der Waals surface area contributed by atoms with Gasteiger partial charge in [-0.2, -0.15) is 7.05 Å². The van der Waals surface area contributed by atoms with Crippen molar-refractivity contribution in [2.75, 3.05) is 0 Å². The van der Waals surface area contributed by atoms with Crippen molar-refractivity contribution in [1.82, 2.24) is 0 Å². The summed E-state index contributed by atoms with van der Waals surface area (Å²) in [6.45, 7) is 0. The second-order valence-electron chi connectivity index (χ2n) is 3.37. The van der Waals surface area contributed by atoms with E-state index in [4.69, 9.17) is 11.6 Å². The molecule has 0 aromatic heterocycles. The molecule has 1 saturated carbocycles. The van der Waals surface area contributed by atoms with E-state index >= 15 is 0 Å². The lowest BCUT2D eigenvalue weighted by Crippen LogP contribution is -2.84. The SMILES string of the molecule is [CH2-][NH2+]C1(c2ccc(Cl)cc2)CC1. The first kappa shape index (κ1) is 8.09. The Bertz CT molecular complexity index is 274. The third kappa shape index (κ3) is 1.23. The molecule has 0 bridgehead atoms. The zero-order valence-electron chi connectivity index (χ0n) is 6.89. The fraction of sp³-hybridized carbons (Fsp3) is 0.300. The maximum atomic E-state index is 5.80. The Kier molecular flexibility index (Phi) is 1.85. The maximum absolute atomic E-state index is 5.80. The Morgan fingerprint density at radius 1 is 1.25 bits per heavy atom. The van der Waals surface area contributed by atoms with Crippen LogP contribution in [0.2, 0.25) is 5.02 Å². The summed E-state index contributed by atoms with van der Waals surface area (Å²) >= 11 is 5.80. The third-order valence-electron chi connectivity index (χ3n) is 2.60. The lowest BCUT2D eigenvalue weighted by molar-refractivity contribution is -0.657. The van der Waals surface area contributed by atoms with Gasteiger partial charge in [0.15, 0.2) is 0 Å². The first-order chi connectivity index (χ1) is 5.77. The normalized spacial score (nSPS) is 19.2. The molecule has 0 heterocycles. The standard InChI is InChI=1S/C10H12ClN/c1-12-10(6-7-10)8-2-4-9(11)5-3-8/h2-5H,1,6-7,12H2. The van der Waals surface area contributed by atoms with Crippen molar-refractivity contribution < 1.29 is 5.32 Å². The number of benzene rings is 1. The van der Waals surface area contributed by atoms with Crippen molar-refractivity contribution in [3.8, 4) is 0 Å². The number of hydrogen-bond acceptors (Lipinski definition) is 0. The smallest absolute Gasteiger partial charge is 0.0984 e. The average Bonchev–Trinajstić information content (AvgIpc) is 2.86. The molecule has 2 N–H and O–H groups in total. The number of hydrogen-bond donors (Lipinski definition) is 1. The van der Waals surface area contributed by atoms with Crippen molar-refractivity contribution in [2.24, 2.45) is 0 Å². The van der Waals surface area contributed by atoms with E-state index in [1.54, 1.807) is 0 Å². The summed E-state index contributed by atoms with van der Waals surface area (Å²) < 4.78 is 0. The van der Waals surface area contributed by atoms with E-state index in [9.17, 15) is 0 Å². The highest BCUT2D eigenvalue weighted by atomic mass is 35.5. The topological polar surface area (TPSA) is 16.6 Å². The first-order valence-electron chi connectivity index (χ1n) is 4.16. The maximum Gasteiger partial charge on any atom is 0.0984 e. The van der Waals surface area contributed by atoms with E-state index in [1.807, 2.05) is 12.1 Å². The zero-order chi connectivity index (χ0) is 8.60. The van der Waals surface area contributed by atoms with Gasteiger partial charge in [-0.15, -0.1) is 0 Å². The summed E-state index contributed by atoms with van der Waals surface area (Å²) in [4.78, 5) is 0.